The van der Waals surface area contributed by atoms with E-state index in [0.29, 0.717) is 17.1 Å². The van der Waals surface area contributed by atoms with Crippen LogP contribution in [0.5, 0.6) is 0 Å². The molecule has 0 radical (unpaired) electrons. The lowest BCUT2D eigenvalue weighted by atomic mass is 10.2. The van der Waals surface area contributed by atoms with Crippen LogP contribution in [0.15, 0.2) is 41.4 Å². The van der Waals surface area contributed by atoms with Crippen molar-refractivity contribution in [2.24, 2.45) is 7.05 Å². The Bertz CT molecular complexity index is 735. The van der Waals surface area contributed by atoms with Gasteiger partial charge in [0.25, 0.3) is 10.0 Å². The van der Waals surface area contributed by atoms with Crippen molar-refractivity contribution >= 4 is 15.7 Å². The number of aryl methyl sites for hydroxylation is 2. The summed E-state index contributed by atoms with van der Waals surface area (Å²) in [5, 5.41) is 3.03. The van der Waals surface area contributed by atoms with E-state index >= 15 is 0 Å². The van der Waals surface area contributed by atoms with E-state index in [2.05, 4.69) is 5.32 Å². The molecule has 0 atom stereocenters. The third-order valence-electron chi connectivity index (χ3n) is 3.46. The highest BCUT2D eigenvalue weighted by Gasteiger charge is 2.23. The smallest absolute Gasteiger partial charge is 0.265 e. The van der Waals surface area contributed by atoms with Crippen LogP contribution in [0, 0.1) is 6.92 Å². The zero-order valence-corrected chi connectivity index (χ0v) is 13.6. The quantitative estimate of drug-likeness (QED) is 0.917. The zero-order chi connectivity index (χ0) is 15.6. The number of nitrogens with one attached hydrogen (secondary N) is 1. The topological polar surface area (TPSA) is 54.3 Å². The van der Waals surface area contributed by atoms with E-state index in [-0.39, 0.29) is 0 Å². The number of nitrogens with zero attached hydrogens (tertiary/aromatic N) is 2. The number of sulfonamides is 1. The maximum atomic E-state index is 12.7. The van der Waals surface area contributed by atoms with Gasteiger partial charge in [-0.1, -0.05) is 12.1 Å². The van der Waals surface area contributed by atoms with Gasteiger partial charge in [-0.05, 0) is 37.7 Å². The maximum Gasteiger partial charge on any atom is 0.265 e. The van der Waals surface area contributed by atoms with Crippen molar-refractivity contribution in [3.63, 3.8) is 0 Å². The summed E-state index contributed by atoms with van der Waals surface area (Å²) in [6.45, 7) is 2.57. The number of rotatable bonds is 5. The van der Waals surface area contributed by atoms with Gasteiger partial charge >= 0.3 is 0 Å². The largest absolute Gasteiger partial charge is 0.352 e. The van der Waals surface area contributed by atoms with Crippen molar-refractivity contribution in [1.82, 2.24) is 9.88 Å². The summed E-state index contributed by atoms with van der Waals surface area (Å²) in [5.74, 6) is 0. The lowest BCUT2D eigenvalue weighted by Crippen LogP contribution is -2.26. The summed E-state index contributed by atoms with van der Waals surface area (Å²) >= 11 is 0. The molecule has 1 aromatic carbocycles. The Morgan fingerprint density at radius 3 is 2.62 bits per heavy atom. The number of benzene rings is 1. The standard InChI is InChI=1S/C15H21N3O2S/c1-12-6-5-7-13(8-12)18(4)21(19,20)15-9-14(10-16-2)17(3)11-15/h5-9,11,16H,10H2,1-4H3. The van der Waals surface area contributed by atoms with Crippen molar-refractivity contribution in [1.29, 1.82) is 0 Å². The third-order valence-corrected chi connectivity index (χ3v) is 5.22. The minimum Gasteiger partial charge on any atom is -0.352 e. The number of anilines is 1. The van der Waals surface area contributed by atoms with Crippen molar-refractivity contribution in [3.8, 4) is 0 Å². The van der Waals surface area contributed by atoms with Gasteiger partial charge < -0.3 is 9.88 Å². The fraction of sp³-hybridized carbons (Fsp3) is 0.333. The highest BCUT2D eigenvalue weighted by Crippen LogP contribution is 2.24. The molecule has 0 unspecified atom stereocenters. The Labute approximate surface area is 126 Å². The zero-order valence-electron chi connectivity index (χ0n) is 12.8. The number of hydrogen-bond donors (Lipinski definition) is 1. The van der Waals surface area contributed by atoms with Gasteiger partial charge in [0.15, 0.2) is 0 Å². The summed E-state index contributed by atoms with van der Waals surface area (Å²) in [7, 11) is 1.71. The summed E-state index contributed by atoms with van der Waals surface area (Å²) < 4.78 is 28.6. The van der Waals surface area contributed by atoms with Crippen LogP contribution in [0.4, 0.5) is 5.69 Å². The first-order chi connectivity index (χ1) is 9.86. The number of aromatic nitrogens is 1. The van der Waals surface area contributed by atoms with Crippen molar-refractivity contribution in [2.45, 2.75) is 18.4 Å². The van der Waals surface area contributed by atoms with Crippen LogP contribution in [0.1, 0.15) is 11.3 Å². The monoisotopic (exact) mass is 307 g/mol. The average molecular weight is 307 g/mol. The molecule has 5 nitrogen and oxygen atoms in total. The molecule has 1 heterocycles. The van der Waals surface area contributed by atoms with Gasteiger partial charge in [0.2, 0.25) is 0 Å². The minimum absolute atomic E-state index is 0.305. The summed E-state index contributed by atoms with van der Waals surface area (Å²) in [4.78, 5) is 0.305. The van der Waals surface area contributed by atoms with E-state index in [1.165, 1.54) is 4.31 Å². The van der Waals surface area contributed by atoms with Gasteiger partial charge in [-0.25, -0.2) is 8.42 Å². The van der Waals surface area contributed by atoms with Crippen LogP contribution < -0.4 is 9.62 Å². The molecule has 21 heavy (non-hydrogen) atoms. The SMILES string of the molecule is CNCc1cc(S(=O)(=O)N(C)c2cccc(C)c2)cn1C. The van der Waals surface area contributed by atoms with E-state index < -0.39 is 10.0 Å². The molecule has 0 aliphatic heterocycles. The van der Waals surface area contributed by atoms with Crippen LogP contribution in [-0.4, -0.2) is 27.1 Å². The van der Waals surface area contributed by atoms with Crippen LogP contribution in [0.3, 0.4) is 0 Å². The van der Waals surface area contributed by atoms with E-state index in [9.17, 15) is 8.42 Å². The average Bonchev–Trinajstić information content (AvgIpc) is 2.80. The molecule has 2 rings (SSSR count). The van der Waals surface area contributed by atoms with Crippen molar-refractivity contribution in [2.75, 3.05) is 18.4 Å². The highest BCUT2D eigenvalue weighted by molar-refractivity contribution is 7.92. The predicted octanol–water partition coefficient (Wildman–Crippen LogP) is 1.88. The molecule has 0 saturated carbocycles. The number of hydrogen-bond acceptors (Lipinski definition) is 3. The summed E-state index contributed by atoms with van der Waals surface area (Å²) in [5.41, 5.74) is 2.61. The van der Waals surface area contributed by atoms with E-state index in [4.69, 9.17) is 0 Å². The second kappa shape index (κ2) is 5.91. The lowest BCUT2D eigenvalue weighted by molar-refractivity contribution is 0.594. The molecule has 0 saturated heterocycles. The molecule has 6 heteroatoms. The Kier molecular flexibility index (Phi) is 4.39. The van der Waals surface area contributed by atoms with Gasteiger partial charge in [0.05, 0.1) is 5.69 Å². The Morgan fingerprint density at radius 1 is 1.29 bits per heavy atom. The molecular formula is C15H21N3O2S. The van der Waals surface area contributed by atoms with Crippen molar-refractivity contribution < 1.29 is 8.42 Å². The molecule has 114 valence electrons. The van der Waals surface area contributed by atoms with Gasteiger partial charge in [-0.15, -0.1) is 0 Å². The van der Waals surface area contributed by atoms with Crippen LogP contribution in [-0.2, 0) is 23.6 Å². The molecule has 2 aromatic rings. The van der Waals surface area contributed by atoms with Gasteiger partial charge in [0.1, 0.15) is 4.90 Å². The molecule has 0 fully saturated rings. The maximum absolute atomic E-state index is 12.7. The lowest BCUT2D eigenvalue weighted by Gasteiger charge is -2.19. The molecule has 0 amide bonds. The molecule has 0 aliphatic rings. The molecular weight excluding hydrogens is 286 g/mol. The van der Waals surface area contributed by atoms with Crippen LogP contribution in [0.25, 0.3) is 0 Å². The van der Waals surface area contributed by atoms with Gasteiger partial charge in [-0.2, -0.15) is 0 Å². The third kappa shape index (κ3) is 3.11. The Balaban J connectivity index is 2.39. The van der Waals surface area contributed by atoms with E-state index in [0.717, 1.165) is 11.3 Å². The fourth-order valence-corrected chi connectivity index (χ4v) is 3.48. The van der Waals surface area contributed by atoms with Gasteiger partial charge in [-0.3, -0.25) is 4.31 Å². The minimum atomic E-state index is -3.54. The van der Waals surface area contributed by atoms with Crippen molar-refractivity contribution in [3.05, 3.63) is 47.8 Å². The predicted molar refractivity (Wildman–Crippen MR) is 84.9 cm³/mol. The van der Waals surface area contributed by atoms with Crippen LogP contribution in [0.2, 0.25) is 0 Å². The molecule has 1 aromatic heterocycles. The first-order valence-corrected chi connectivity index (χ1v) is 8.15. The molecule has 0 spiro atoms. The highest BCUT2D eigenvalue weighted by atomic mass is 32.2. The van der Waals surface area contributed by atoms with E-state index in [1.54, 1.807) is 25.4 Å². The van der Waals surface area contributed by atoms with Gasteiger partial charge in [0, 0.05) is 32.5 Å². The first-order valence-electron chi connectivity index (χ1n) is 6.71. The Morgan fingerprint density at radius 2 is 2.00 bits per heavy atom. The first kappa shape index (κ1) is 15.6. The molecule has 1 N–H and O–H groups in total. The molecule has 0 bridgehead atoms. The molecule has 0 aliphatic carbocycles. The normalized spacial score (nSPS) is 11.6. The second-order valence-electron chi connectivity index (χ2n) is 5.12. The fourth-order valence-electron chi connectivity index (χ4n) is 2.20. The van der Waals surface area contributed by atoms with E-state index in [1.807, 2.05) is 43.8 Å². The van der Waals surface area contributed by atoms with Crippen LogP contribution >= 0.6 is 0 Å². The second-order valence-corrected chi connectivity index (χ2v) is 7.09. The summed E-state index contributed by atoms with van der Waals surface area (Å²) in [6, 6.07) is 9.15. The summed E-state index contributed by atoms with van der Waals surface area (Å²) in [6.07, 6.45) is 1.65. The Hall–Kier alpha value is -1.79.